The summed E-state index contributed by atoms with van der Waals surface area (Å²) in [6, 6.07) is 6.40. The quantitative estimate of drug-likeness (QED) is 0.726. The number of hydrogen-bond donors (Lipinski definition) is 0. The number of carbonyl (C=O) groups excluding carboxylic acids is 2. The van der Waals surface area contributed by atoms with Gasteiger partial charge in [-0.25, -0.2) is 9.59 Å². The van der Waals surface area contributed by atoms with Gasteiger partial charge in [-0.05, 0) is 31.2 Å². The molecule has 92 valence electrons. The van der Waals surface area contributed by atoms with Crippen molar-refractivity contribution in [3.05, 3.63) is 29.8 Å². The fraction of sp³-hybridized carbons (Fsp3) is 0.333. The monoisotopic (exact) mass is 238 g/mol. The lowest BCUT2D eigenvalue weighted by molar-refractivity contribution is -0.146. The van der Waals surface area contributed by atoms with Gasteiger partial charge in [-0.15, -0.1) is 0 Å². The molecule has 1 aromatic rings. The number of rotatable bonds is 5. The highest BCUT2D eigenvalue weighted by molar-refractivity contribution is 5.90. The molecule has 1 aromatic carbocycles. The second kappa shape index (κ2) is 6.52. The maximum atomic E-state index is 11.5. The van der Waals surface area contributed by atoms with Crippen LogP contribution in [0.1, 0.15) is 17.3 Å². The molecule has 0 spiro atoms. The molecule has 0 saturated heterocycles. The number of carbonyl (C=O) groups is 2. The first kappa shape index (κ1) is 13.0. The van der Waals surface area contributed by atoms with Crippen molar-refractivity contribution in [1.82, 2.24) is 0 Å². The minimum atomic E-state index is -0.569. The molecule has 0 radical (unpaired) electrons. The van der Waals surface area contributed by atoms with Crippen molar-refractivity contribution in [3.63, 3.8) is 0 Å². The van der Waals surface area contributed by atoms with Crippen LogP contribution in [0.2, 0.25) is 0 Å². The zero-order chi connectivity index (χ0) is 12.7. The van der Waals surface area contributed by atoms with E-state index in [2.05, 4.69) is 4.74 Å². The molecule has 0 N–H and O–H groups in total. The van der Waals surface area contributed by atoms with Crippen LogP contribution >= 0.6 is 0 Å². The Kier molecular flexibility index (Phi) is 5.00. The topological polar surface area (TPSA) is 61.8 Å². The third kappa shape index (κ3) is 4.14. The predicted octanol–water partition coefficient (Wildman–Crippen LogP) is 1.42. The molecular weight excluding hydrogens is 224 g/mol. The van der Waals surface area contributed by atoms with Gasteiger partial charge in [0.1, 0.15) is 5.75 Å². The van der Waals surface area contributed by atoms with Crippen molar-refractivity contribution in [3.8, 4) is 5.75 Å². The van der Waals surface area contributed by atoms with E-state index in [0.29, 0.717) is 11.3 Å². The maximum Gasteiger partial charge on any atom is 0.344 e. The molecule has 0 amide bonds. The van der Waals surface area contributed by atoms with Crippen LogP contribution in [0.3, 0.4) is 0 Å². The maximum absolute atomic E-state index is 11.5. The third-order valence-corrected chi connectivity index (χ3v) is 1.95. The summed E-state index contributed by atoms with van der Waals surface area (Å²) in [7, 11) is 1.54. The molecule has 0 aliphatic rings. The Morgan fingerprint density at radius 1 is 1.12 bits per heavy atom. The standard InChI is InChI=1S/C12H14O5/c1-3-16-11(13)8-17-12(14)9-4-6-10(15-2)7-5-9/h4-7H,3,8H2,1-2H3. The lowest BCUT2D eigenvalue weighted by Gasteiger charge is -2.05. The molecular formula is C12H14O5. The number of hydrogen-bond acceptors (Lipinski definition) is 5. The molecule has 0 heterocycles. The van der Waals surface area contributed by atoms with E-state index < -0.39 is 11.9 Å². The zero-order valence-electron chi connectivity index (χ0n) is 9.76. The van der Waals surface area contributed by atoms with E-state index in [1.165, 1.54) is 7.11 Å². The van der Waals surface area contributed by atoms with E-state index in [1.807, 2.05) is 0 Å². The Morgan fingerprint density at radius 2 is 1.76 bits per heavy atom. The fourth-order valence-corrected chi connectivity index (χ4v) is 1.14. The van der Waals surface area contributed by atoms with Gasteiger partial charge in [0, 0.05) is 0 Å². The van der Waals surface area contributed by atoms with Gasteiger partial charge in [0.25, 0.3) is 0 Å². The molecule has 0 saturated carbocycles. The Bertz CT molecular complexity index is 382. The third-order valence-electron chi connectivity index (χ3n) is 1.95. The molecule has 5 nitrogen and oxygen atoms in total. The van der Waals surface area contributed by atoms with Crippen LogP contribution in [0, 0.1) is 0 Å². The summed E-state index contributed by atoms with van der Waals surface area (Å²) in [4.78, 5) is 22.4. The van der Waals surface area contributed by atoms with Crippen LogP contribution in [0.5, 0.6) is 5.75 Å². The molecule has 5 heteroatoms. The highest BCUT2D eigenvalue weighted by Crippen LogP contribution is 2.11. The molecule has 0 unspecified atom stereocenters. The van der Waals surface area contributed by atoms with E-state index in [4.69, 9.17) is 9.47 Å². The summed E-state index contributed by atoms with van der Waals surface area (Å²) in [6.07, 6.45) is 0. The SMILES string of the molecule is CCOC(=O)COC(=O)c1ccc(OC)cc1. The first-order chi connectivity index (χ1) is 8.17. The van der Waals surface area contributed by atoms with Gasteiger partial charge in [-0.3, -0.25) is 0 Å². The molecule has 0 fully saturated rings. The minimum Gasteiger partial charge on any atom is -0.497 e. The van der Waals surface area contributed by atoms with Crippen molar-refractivity contribution in [2.45, 2.75) is 6.92 Å². The molecule has 0 aliphatic carbocycles. The number of methoxy groups -OCH3 is 1. The Morgan fingerprint density at radius 3 is 2.29 bits per heavy atom. The summed E-state index contributed by atoms with van der Waals surface area (Å²) in [6.45, 7) is 1.57. The van der Waals surface area contributed by atoms with Gasteiger partial charge in [-0.2, -0.15) is 0 Å². The average Bonchev–Trinajstić information content (AvgIpc) is 2.36. The molecule has 17 heavy (non-hydrogen) atoms. The number of esters is 2. The summed E-state index contributed by atoms with van der Waals surface area (Å²) in [5.41, 5.74) is 0.357. The highest BCUT2D eigenvalue weighted by atomic mass is 16.6. The lowest BCUT2D eigenvalue weighted by Crippen LogP contribution is -2.16. The van der Waals surface area contributed by atoms with Crippen molar-refractivity contribution in [2.24, 2.45) is 0 Å². The normalized spacial score (nSPS) is 9.53. The second-order valence-corrected chi connectivity index (χ2v) is 3.11. The van der Waals surface area contributed by atoms with Gasteiger partial charge < -0.3 is 14.2 Å². The molecule has 0 atom stereocenters. The van der Waals surface area contributed by atoms with Gasteiger partial charge in [0.2, 0.25) is 0 Å². The fourth-order valence-electron chi connectivity index (χ4n) is 1.14. The van der Waals surface area contributed by atoms with Crippen molar-refractivity contribution in [2.75, 3.05) is 20.3 Å². The first-order valence-corrected chi connectivity index (χ1v) is 5.14. The van der Waals surface area contributed by atoms with Crippen molar-refractivity contribution < 1.29 is 23.8 Å². The van der Waals surface area contributed by atoms with Crippen LogP contribution < -0.4 is 4.74 Å². The summed E-state index contributed by atoms with van der Waals surface area (Å²) in [5, 5.41) is 0. The minimum absolute atomic E-state index is 0.263. The van der Waals surface area contributed by atoms with Crippen molar-refractivity contribution in [1.29, 1.82) is 0 Å². The number of ether oxygens (including phenoxy) is 3. The van der Waals surface area contributed by atoms with Gasteiger partial charge in [-0.1, -0.05) is 0 Å². The van der Waals surface area contributed by atoms with E-state index in [9.17, 15) is 9.59 Å². The molecule has 0 bridgehead atoms. The lowest BCUT2D eigenvalue weighted by atomic mass is 10.2. The Balaban J connectivity index is 2.49. The second-order valence-electron chi connectivity index (χ2n) is 3.11. The molecule has 1 rings (SSSR count). The van der Waals surface area contributed by atoms with Gasteiger partial charge in [0.05, 0.1) is 19.3 Å². The van der Waals surface area contributed by atoms with E-state index in [0.717, 1.165) is 0 Å². The number of benzene rings is 1. The largest absolute Gasteiger partial charge is 0.497 e. The van der Waals surface area contributed by atoms with E-state index >= 15 is 0 Å². The van der Waals surface area contributed by atoms with Gasteiger partial charge in [0.15, 0.2) is 6.61 Å². The highest BCUT2D eigenvalue weighted by Gasteiger charge is 2.10. The van der Waals surface area contributed by atoms with E-state index in [-0.39, 0.29) is 13.2 Å². The summed E-state index contributed by atoms with van der Waals surface area (Å²) in [5.74, 6) is -0.484. The van der Waals surface area contributed by atoms with Crippen LogP contribution in [0.15, 0.2) is 24.3 Å². The Labute approximate surface area is 99.3 Å². The first-order valence-electron chi connectivity index (χ1n) is 5.14. The average molecular weight is 238 g/mol. The zero-order valence-corrected chi connectivity index (χ0v) is 9.76. The van der Waals surface area contributed by atoms with Crippen LogP contribution in [0.4, 0.5) is 0 Å². The van der Waals surface area contributed by atoms with Crippen molar-refractivity contribution >= 4 is 11.9 Å². The van der Waals surface area contributed by atoms with Crippen LogP contribution in [-0.4, -0.2) is 32.3 Å². The predicted molar refractivity (Wildman–Crippen MR) is 59.9 cm³/mol. The van der Waals surface area contributed by atoms with Crippen LogP contribution in [0.25, 0.3) is 0 Å². The summed E-state index contributed by atoms with van der Waals surface area (Å²) >= 11 is 0. The molecule has 0 aliphatic heterocycles. The van der Waals surface area contributed by atoms with E-state index in [1.54, 1.807) is 31.2 Å². The summed E-state index contributed by atoms with van der Waals surface area (Å²) < 4.78 is 14.3. The van der Waals surface area contributed by atoms with Gasteiger partial charge >= 0.3 is 11.9 Å². The van der Waals surface area contributed by atoms with Crippen LogP contribution in [-0.2, 0) is 14.3 Å². The molecule has 0 aromatic heterocycles. The Hall–Kier alpha value is -2.04. The smallest absolute Gasteiger partial charge is 0.344 e.